The number of nitro groups is 1. The van der Waals surface area contributed by atoms with Gasteiger partial charge in [0.25, 0.3) is 5.69 Å². The normalized spacial score (nSPS) is 18.0. The summed E-state index contributed by atoms with van der Waals surface area (Å²) in [7, 11) is 1.68. The molecule has 0 spiro atoms. The number of nitrogens with zero attached hydrogens (tertiary/aromatic N) is 3. The highest BCUT2D eigenvalue weighted by Gasteiger charge is 2.42. The molecule has 7 nitrogen and oxygen atoms in total. The zero-order chi connectivity index (χ0) is 26.9. The summed E-state index contributed by atoms with van der Waals surface area (Å²) in [6.07, 6.45) is 8.85. The van der Waals surface area contributed by atoms with Crippen LogP contribution in [0.3, 0.4) is 0 Å². The molecule has 0 fully saturated rings. The van der Waals surface area contributed by atoms with Crippen molar-refractivity contribution >= 4 is 39.0 Å². The first kappa shape index (κ1) is 26.2. The number of methoxy groups -OCH3 is 1. The third kappa shape index (κ3) is 4.88. The van der Waals surface area contributed by atoms with E-state index < -0.39 is 0 Å². The minimum absolute atomic E-state index is 0.122. The average Bonchev–Trinajstić information content (AvgIpc) is 3.33. The van der Waals surface area contributed by atoms with E-state index in [0.717, 1.165) is 40.3 Å². The van der Waals surface area contributed by atoms with Crippen LogP contribution in [0.1, 0.15) is 37.8 Å². The number of thiazole rings is 1. The first-order valence-corrected chi connectivity index (χ1v) is 13.7. The van der Waals surface area contributed by atoms with Crippen LogP contribution in [0.5, 0.6) is 0 Å². The van der Waals surface area contributed by atoms with Crippen molar-refractivity contribution in [2.45, 2.75) is 39.2 Å². The number of ether oxygens (including phenoxy) is 2. The number of allylic oxidation sites excluding steroid dienone is 5. The van der Waals surface area contributed by atoms with Gasteiger partial charge in [-0.05, 0) is 43.7 Å². The summed E-state index contributed by atoms with van der Waals surface area (Å²) in [6, 6.07) is 13.7. The van der Waals surface area contributed by atoms with Crippen LogP contribution in [0.25, 0.3) is 16.3 Å². The van der Waals surface area contributed by atoms with Gasteiger partial charge in [-0.25, -0.2) is 0 Å². The van der Waals surface area contributed by atoms with Crippen LogP contribution >= 0.6 is 11.3 Å². The summed E-state index contributed by atoms with van der Waals surface area (Å²) in [5.41, 5.74) is 7.16. The molecule has 0 amide bonds. The number of nitro benzene ring substituents is 1. The Morgan fingerprint density at radius 3 is 2.71 bits per heavy atom. The summed E-state index contributed by atoms with van der Waals surface area (Å²) in [4.78, 5) is 13.3. The van der Waals surface area contributed by atoms with E-state index in [9.17, 15) is 10.1 Å². The van der Waals surface area contributed by atoms with Gasteiger partial charge in [0.1, 0.15) is 28.5 Å². The lowest BCUT2D eigenvalue weighted by Crippen LogP contribution is -2.33. The highest BCUT2D eigenvalue weighted by Crippen LogP contribution is 2.48. The summed E-state index contributed by atoms with van der Waals surface area (Å²) in [5.74, 6) is 0. The van der Waals surface area contributed by atoms with Crippen molar-refractivity contribution < 1.29 is 19.0 Å². The van der Waals surface area contributed by atoms with E-state index in [2.05, 4.69) is 72.7 Å². The first-order valence-electron chi connectivity index (χ1n) is 12.9. The van der Waals surface area contributed by atoms with Gasteiger partial charge in [0.2, 0.25) is 5.52 Å². The Bertz CT molecular complexity index is 1470. The lowest BCUT2D eigenvalue weighted by molar-refractivity contribution is -0.665. The van der Waals surface area contributed by atoms with Gasteiger partial charge in [-0.3, -0.25) is 10.1 Å². The van der Waals surface area contributed by atoms with Crippen LogP contribution in [0.2, 0.25) is 0 Å². The Labute approximate surface area is 227 Å². The number of hydrogen-bond acceptors (Lipinski definition) is 6. The lowest BCUT2D eigenvalue weighted by atomic mass is 9.81. The maximum atomic E-state index is 11.2. The molecule has 0 unspecified atom stereocenters. The van der Waals surface area contributed by atoms with Crippen molar-refractivity contribution in [1.29, 1.82) is 0 Å². The number of para-hydroxylation sites is 1. The first-order chi connectivity index (χ1) is 18.3. The molecule has 1 aliphatic carbocycles. The van der Waals surface area contributed by atoms with Crippen molar-refractivity contribution in [1.82, 2.24) is 0 Å². The summed E-state index contributed by atoms with van der Waals surface area (Å²) in [6.45, 7) is 10.0. The topological polar surface area (TPSA) is 68.7 Å². The molecule has 0 saturated carbocycles. The van der Waals surface area contributed by atoms with Crippen molar-refractivity contribution in [2.24, 2.45) is 0 Å². The van der Waals surface area contributed by atoms with Gasteiger partial charge in [-0.2, -0.15) is 4.57 Å². The van der Waals surface area contributed by atoms with E-state index in [-0.39, 0.29) is 16.0 Å². The van der Waals surface area contributed by atoms with Crippen LogP contribution in [0, 0.1) is 16.2 Å². The van der Waals surface area contributed by atoms with Gasteiger partial charge in [-0.1, -0.05) is 18.2 Å². The molecule has 2 heterocycles. The summed E-state index contributed by atoms with van der Waals surface area (Å²) < 4.78 is 14.0. The van der Waals surface area contributed by atoms with Crippen LogP contribution in [0.4, 0.5) is 11.4 Å². The molecule has 1 aromatic heterocycles. The van der Waals surface area contributed by atoms with Gasteiger partial charge < -0.3 is 14.4 Å². The number of rotatable bonds is 10. The van der Waals surface area contributed by atoms with Crippen molar-refractivity contribution in [3.05, 3.63) is 92.1 Å². The van der Waals surface area contributed by atoms with Gasteiger partial charge in [-0.15, -0.1) is 0 Å². The fourth-order valence-corrected chi connectivity index (χ4v) is 6.49. The molecule has 0 atom stereocenters. The predicted octanol–water partition coefficient (Wildman–Crippen LogP) is 5.98. The third-order valence-electron chi connectivity index (χ3n) is 7.24. The molecule has 8 heteroatoms. The van der Waals surface area contributed by atoms with E-state index >= 15 is 0 Å². The SMILES string of the molecule is CC[n+]1c(C=C2[C+]=C(C=C3N(CCOCCOC)c4ccccc4C3(C)C)C2)sc2cc([N+](=O)[O-])ccc21. The maximum absolute atomic E-state index is 11.2. The molecule has 38 heavy (non-hydrogen) atoms. The highest BCUT2D eigenvalue weighted by atomic mass is 32.1. The van der Waals surface area contributed by atoms with Crippen molar-refractivity contribution in [3.8, 4) is 0 Å². The molecule has 0 radical (unpaired) electrons. The molecule has 0 N–H and O–H groups in total. The molecule has 0 bridgehead atoms. The van der Waals surface area contributed by atoms with Crippen molar-refractivity contribution in [2.75, 3.05) is 38.4 Å². The largest absolute Gasteiger partial charge is 0.382 e. The number of hydrogen-bond donors (Lipinski definition) is 0. The number of aryl methyl sites for hydroxylation is 1. The van der Waals surface area contributed by atoms with E-state index in [1.165, 1.54) is 22.5 Å². The van der Waals surface area contributed by atoms with E-state index in [4.69, 9.17) is 9.47 Å². The van der Waals surface area contributed by atoms with Crippen LogP contribution in [-0.2, 0) is 21.4 Å². The molecule has 2 aliphatic rings. The Morgan fingerprint density at radius 2 is 1.97 bits per heavy atom. The second-order valence-electron chi connectivity index (χ2n) is 10.0. The van der Waals surface area contributed by atoms with E-state index in [1.54, 1.807) is 30.6 Å². The molecular weight excluding hydrogens is 498 g/mol. The predicted molar refractivity (Wildman–Crippen MR) is 151 cm³/mol. The van der Waals surface area contributed by atoms with Crippen LogP contribution in [0.15, 0.2) is 65.4 Å². The van der Waals surface area contributed by atoms with Gasteiger partial charge in [0.05, 0.1) is 42.9 Å². The number of anilines is 1. The van der Waals surface area contributed by atoms with E-state index in [1.807, 2.05) is 6.07 Å². The molecule has 5 rings (SSSR count). The second kappa shape index (κ2) is 10.8. The van der Waals surface area contributed by atoms with Gasteiger partial charge in [0.15, 0.2) is 0 Å². The maximum Gasteiger partial charge on any atom is 0.318 e. The molecule has 1 aliphatic heterocycles. The Balaban J connectivity index is 1.41. The molecule has 3 aromatic rings. The Morgan fingerprint density at radius 1 is 1.18 bits per heavy atom. The summed E-state index contributed by atoms with van der Waals surface area (Å²) in [5, 5.41) is 12.3. The van der Waals surface area contributed by atoms with Gasteiger partial charge >= 0.3 is 5.01 Å². The Hall–Kier alpha value is -3.42. The zero-order valence-corrected chi connectivity index (χ0v) is 23.1. The molecular formula is C30H33N3O4S+2. The highest BCUT2D eigenvalue weighted by molar-refractivity contribution is 7.18. The minimum atomic E-state index is -0.340. The van der Waals surface area contributed by atoms with Crippen molar-refractivity contribution in [3.63, 3.8) is 0 Å². The third-order valence-corrected chi connectivity index (χ3v) is 8.34. The van der Waals surface area contributed by atoms with Crippen LogP contribution < -0.4 is 9.47 Å². The smallest absolute Gasteiger partial charge is 0.318 e. The number of benzene rings is 2. The monoisotopic (exact) mass is 531 g/mol. The summed E-state index contributed by atoms with van der Waals surface area (Å²) >= 11 is 1.58. The van der Waals surface area contributed by atoms with E-state index in [0.29, 0.717) is 19.8 Å². The standard InChI is InChI=1S/C30H33N3O4S/c1-5-31-26-11-10-23(33(34)35)20-27(26)38-29(31)19-22-16-21(17-22)18-28-30(2,3)24-8-6-7-9-25(24)32(28)12-13-37-15-14-36-4/h6-11,18-20H,5,12-16H2,1-4H3/q+2. The Kier molecular flexibility index (Phi) is 7.41. The average molecular weight is 532 g/mol. The quantitative estimate of drug-likeness (QED) is 0.106. The fraction of sp³-hybridized carbons (Fsp3) is 0.367. The second-order valence-corrected chi connectivity index (χ2v) is 11.1. The van der Waals surface area contributed by atoms with Gasteiger partial charge in [0, 0.05) is 49.0 Å². The minimum Gasteiger partial charge on any atom is -0.382 e. The lowest BCUT2D eigenvalue weighted by Gasteiger charge is -2.25. The number of non-ortho nitro benzene ring substituents is 1. The molecule has 196 valence electrons. The number of fused-ring (bicyclic) bond motifs is 2. The molecule has 2 aromatic carbocycles. The fourth-order valence-electron chi connectivity index (χ4n) is 5.26. The number of aromatic nitrogens is 1. The molecule has 0 saturated heterocycles. The zero-order valence-electron chi connectivity index (χ0n) is 22.3. The van der Waals surface area contributed by atoms with Crippen LogP contribution in [-0.4, -0.2) is 38.4 Å².